The topological polar surface area (TPSA) is 42.4 Å². The van der Waals surface area contributed by atoms with Crippen molar-refractivity contribution in [3.63, 3.8) is 0 Å². The fourth-order valence-electron chi connectivity index (χ4n) is 1.00. The second-order valence-electron chi connectivity index (χ2n) is 2.47. The smallest absolute Gasteiger partial charge is 0.284 e. The second kappa shape index (κ2) is 4.54. The summed E-state index contributed by atoms with van der Waals surface area (Å²) in [4.78, 5) is 3.41. The number of alkyl halides is 3. The maximum atomic E-state index is 12.3. The summed E-state index contributed by atoms with van der Waals surface area (Å²) in [6.45, 7) is 0. The van der Waals surface area contributed by atoms with Gasteiger partial charge in [-0.05, 0) is 0 Å². The molecule has 0 spiro atoms. The van der Waals surface area contributed by atoms with E-state index in [0.29, 0.717) is 0 Å². The average Bonchev–Trinajstić information content (AvgIpc) is 2.16. The molecule has 0 unspecified atom stereocenters. The molecule has 0 aromatic carbocycles. The minimum absolute atomic E-state index is 0.226. The maximum Gasteiger partial charge on any atom is 0.284 e. The highest BCUT2D eigenvalue weighted by Gasteiger charge is 2.20. The number of rotatable bonds is 3. The molecule has 0 aliphatic heterocycles. The van der Waals surface area contributed by atoms with Crippen molar-refractivity contribution < 1.29 is 18.6 Å². The van der Waals surface area contributed by atoms with Gasteiger partial charge in [-0.1, -0.05) is 15.9 Å². The number of hydrogen-bond donors (Lipinski definition) is 1. The molecule has 1 rings (SSSR count). The molecule has 0 aliphatic rings. The van der Waals surface area contributed by atoms with Crippen LogP contribution in [0.1, 0.15) is 17.7 Å². The Balaban J connectivity index is 3.27. The predicted molar refractivity (Wildman–Crippen MR) is 50.0 cm³/mol. The van der Waals surface area contributed by atoms with Crippen LogP contribution in [0.4, 0.5) is 8.78 Å². The lowest BCUT2D eigenvalue weighted by Gasteiger charge is -2.10. The summed E-state index contributed by atoms with van der Waals surface area (Å²) in [5.74, 6) is -0.236. The van der Waals surface area contributed by atoms with Crippen LogP contribution in [-0.2, 0) is 5.33 Å². The Hall–Kier alpha value is -0.910. The molecule has 0 bridgehead atoms. The summed E-state index contributed by atoms with van der Waals surface area (Å²) in [7, 11) is 1.38. The molecule has 0 atom stereocenters. The molecule has 0 amide bonds. The first-order valence-corrected chi connectivity index (χ1v) is 4.82. The van der Waals surface area contributed by atoms with E-state index in [9.17, 15) is 13.9 Å². The second-order valence-corrected chi connectivity index (χ2v) is 3.03. The number of halogens is 3. The van der Waals surface area contributed by atoms with Gasteiger partial charge >= 0.3 is 0 Å². The Morgan fingerprint density at radius 2 is 2.29 bits per heavy atom. The van der Waals surface area contributed by atoms with Crippen LogP contribution in [0.3, 0.4) is 0 Å². The lowest BCUT2D eigenvalue weighted by molar-refractivity contribution is 0.141. The van der Waals surface area contributed by atoms with E-state index >= 15 is 0 Å². The lowest BCUT2D eigenvalue weighted by atomic mass is 10.2. The van der Waals surface area contributed by atoms with Crippen LogP contribution >= 0.6 is 15.9 Å². The van der Waals surface area contributed by atoms with Crippen LogP contribution in [0.25, 0.3) is 0 Å². The first-order chi connectivity index (χ1) is 6.61. The minimum atomic E-state index is -2.79. The number of nitrogens with zero attached hydrogens (tertiary/aromatic N) is 1. The molecule has 6 heteroatoms. The molecular weight excluding hydrogens is 260 g/mol. The molecule has 1 heterocycles. The summed E-state index contributed by atoms with van der Waals surface area (Å²) in [6.07, 6.45) is -1.63. The summed E-state index contributed by atoms with van der Waals surface area (Å²) in [6, 6.07) is 0. The molecule has 1 aromatic rings. The van der Waals surface area contributed by atoms with Crippen molar-refractivity contribution >= 4 is 15.9 Å². The van der Waals surface area contributed by atoms with Crippen LogP contribution in [-0.4, -0.2) is 17.2 Å². The maximum absolute atomic E-state index is 12.3. The van der Waals surface area contributed by atoms with Gasteiger partial charge in [0, 0.05) is 5.33 Å². The highest BCUT2D eigenvalue weighted by molar-refractivity contribution is 9.08. The van der Waals surface area contributed by atoms with Crippen LogP contribution in [0.15, 0.2) is 6.20 Å². The Bertz CT molecular complexity index is 333. The Morgan fingerprint density at radius 3 is 2.71 bits per heavy atom. The summed E-state index contributed by atoms with van der Waals surface area (Å²) >= 11 is 3.07. The summed E-state index contributed by atoms with van der Waals surface area (Å²) in [5, 5.41) is 9.65. The Labute approximate surface area is 87.9 Å². The van der Waals surface area contributed by atoms with Crippen LogP contribution in [0.2, 0.25) is 0 Å². The van der Waals surface area contributed by atoms with Crippen molar-refractivity contribution in [1.29, 1.82) is 0 Å². The third-order valence-corrected chi connectivity index (χ3v) is 2.27. The molecule has 0 aliphatic carbocycles. The Morgan fingerprint density at radius 1 is 1.64 bits per heavy atom. The largest absolute Gasteiger partial charge is 0.505 e. The molecule has 0 saturated heterocycles. The van der Waals surface area contributed by atoms with E-state index in [1.807, 2.05) is 0 Å². The lowest BCUT2D eigenvalue weighted by Crippen LogP contribution is -1.97. The van der Waals surface area contributed by atoms with Gasteiger partial charge < -0.3 is 9.84 Å². The monoisotopic (exact) mass is 267 g/mol. The van der Waals surface area contributed by atoms with E-state index in [2.05, 4.69) is 20.9 Å². The molecule has 1 N–H and O–H groups in total. The third kappa shape index (κ3) is 1.95. The van der Waals surface area contributed by atoms with Crippen molar-refractivity contribution in [3.8, 4) is 11.5 Å². The zero-order valence-electron chi connectivity index (χ0n) is 7.30. The first kappa shape index (κ1) is 11.2. The van der Waals surface area contributed by atoms with E-state index in [0.717, 1.165) is 6.20 Å². The van der Waals surface area contributed by atoms with Gasteiger partial charge in [0.15, 0.2) is 5.75 Å². The van der Waals surface area contributed by atoms with Crippen molar-refractivity contribution in [1.82, 2.24) is 4.98 Å². The van der Waals surface area contributed by atoms with E-state index in [4.69, 9.17) is 4.74 Å². The van der Waals surface area contributed by atoms with E-state index in [1.54, 1.807) is 0 Å². The van der Waals surface area contributed by atoms with Crippen molar-refractivity contribution in [2.75, 3.05) is 7.11 Å². The van der Waals surface area contributed by atoms with E-state index in [-0.39, 0.29) is 16.6 Å². The van der Waals surface area contributed by atoms with E-state index < -0.39 is 17.9 Å². The highest BCUT2D eigenvalue weighted by Crippen LogP contribution is 2.35. The zero-order valence-corrected chi connectivity index (χ0v) is 8.88. The molecule has 1 aromatic heterocycles. The van der Waals surface area contributed by atoms with E-state index in [1.165, 1.54) is 7.11 Å². The summed E-state index contributed by atoms with van der Waals surface area (Å²) < 4.78 is 29.5. The van der Waals surface area contributed by atoms with Crippen molar-refractivity contribution in [3.05, 3.63) is 17.5 Å². The number of ether oxygens (including phenoxy) is 1. The number of pyridine rings is 1. The van der Waals surface area contributed by atoms with Gasteiger partial charge in [-0.25, -0.2) is 13.8 Å². The van der Waals surface area contributed by atoms with Gasteiger partial charge in [-0.2, -0.15) is 0 Å². The van der Waals surface area contributed by atoms with Gasteiger partial charge in [0.1, 0.15) is 11.4 Å². The molecule has 0 fully saturated rings. The van der Waals surface area contributed by atoms with Gasteiger partial charge in [0.25, 0.3) is 6.43 Å². The fraction of sp³-hybridized carbons (Fsp3) is 0.375. The molecule has 0 radical (unpaired) electrons. The predicted octanol–water partition coefficient (Wildman–Crippen LogP) is 2.63. The van der Waals surface area contributed by atoms with Gasteiger partial charge in [-0.3, -0.25) is 0 Å². The average molecular weight is 268 g/mol. The van der Waals surface area contributed by atoms with Gasteiger partial charge in [0.2, 0.25) is 0 Å². The van der Waals surface area contributed by atoms with Gasteiger partial charge in [-0.15, -0.1) is 0 Å². The summed E-state index contributed by atoms with van der Waals surface area (Å²) in [5.41, 5.74) is -0.349. The molecule has 0 saturated carbocycles. The van der Waals surface area contributed by atoms with Gasteiger partial charge in [0.05, 0.1) is 18.9 Å². The van der Waals surface area contributed by atoms with Crippen LogP contribution < -0.4 is 4.74 Å². The molecular formula is C8H8BrF2NO2. The number of aromatic hydroxyl groups is 1. The van der Waals surface area contributed by atoms with Crippen LogP contribution in [0.5, 0.6) is 11.5 Å². The minimum Gasteiger partial charge on any atom is -0.505 e. The first-order valence-electron chi connectivity index (χ1n) is 3.70. The number of hydrogen-bond acceptors (Lipinski definition) is 3. The molecule has 78 valence electrons. The third-order valence-electron chi connectivity index (χ3n) is 1.71. The number of methoxy groups -OCH3 is 1. The van der Waals surface area contributed by atoms with Crippen molar-refractivity contribution in [2.45, 2.75) is 11.8 Å². The highest BCUT2D eigenvalue weighted by atomic mass is 79.9. The quantitative estimate of drug-likeness (QED) is 0.857. The zero-order chi connectivity index (χ0) is 10.7. The standard InChI is InChI=1S/C8H8BrF2NO2/c1-14-5-3-12-6(8(10)11)7(13)4(5)2-9/h3,8,13H,2H2,1H3. The normalized spacial score (nSPS) is 10.6. The number of aromatic nitrogens is 1. The molecule has 14 heavy (non-hydrogen) atoms. The SMILES string of the molecule is COc1cnc(C(F)F)c(O)c1CBr. The fourth-order valence-corrected chi connectivity index (χ4v) is 1.55. The van der Waals surface area contributed by atoms with Crippen molar-refractivity contribution in [2.24, 2.45) is 0 Å². The van der Waals surface area contributed by atoms with Crippen LogP contribution in [0, 0.1) is 0 Å². The Kier molecular flexibility index (Phi) is 3.62. The molecule has 3 nitrogen and oxygen atoms in total.